The van der Waals surface area contributed by atoms with Gasteiger partial charge in [0.25, 0.3) is 0 Å². The number of alkyl carbamates (subject to hydrolysis) is 1. The third kappa shape index (κ3) is 4.34. The molecule has 1 atom stereocenters. The van der Waals surface area contributed by atoms with Crippen LogP contribution in [0, 0.1) is 6.92 Å². The normalized spacial score (nSPS) is 14.3. The Morgan fingerprint density at radius 1 is 1.30 bits per heavy atom. The first-order valence-corrected chi connectivity index (χ1v) is 7.11. The summed E-state index contributed by atoms with van der Waals surface area (Å²) in [6, 6.07) is 5.59. The van der Waals surface area contributed by atoms with Crippen molar-refractivity contribution in [2.24, 2.45) is 0 Å². The molecule has 1 aromatic carbocycles. The minimum atomic E-state index is -1.13. The van der Waals surface area contributed by atoms with Crippen LogP contribution in [0.3, 0.4) is 0 Å². The van der Waals surface area contributed by atoms with Gasteiger partial charge in [0.1, 0.15) is 17.4 Å². The standard InChI is InChI=1S/C15H20BrNO3/c1-10-6-7-11(16)8-12(10)15(5,9-18)17-13(19)20-14(2,3)4/h6-9H,1-5H3,(H,17,19). The molecule has 0 aromatic heterocycles. The van der Waals surface area contributed by atoms with Crippen molar-refractivity contribution < 1.29 is 14.3 Å². The molecule has 0 saturated carbocycles. The number of hydrogen-bond donors (Lipinski definition) is 1. The Labute approximate surface area is 128 Å². The van der Waals surface area contributed by atoms with Gasteiger partial charge in [0.2, 0.25) is 0 Å². The highest BCUT2D eigenvalue weighted by molar-refractivity contribution is 9.10. The van der Waals surface area contributed by atoms with Gasteiger partial charge < -0.3 is 14.8 Å². The summed E-state index contributed by atoms with van der Waals surface area (Å²) < 4.78 is 6.05. The smallest absolute Gasteiger partial charge is 0.408 e. The maximum absolute atomic E-state index is 11.9. The number of aryl methyl sites for hydroxylation is 1. The molecule has 1 N–H and O–H groups in total. The zero-order valence-corrected chi connectivity index (χ0v) is 14.0. The molecule has 1 unspecified atom stereocenters. The number of halogens is 1. The van der Waals surface area contributed by atoms with Gasteiger partial charge in [-0.05, 0) is 57.9 Å². The zero-order valence-electron chi connectivity index (χ0n) is 12.4. The van der Waals surface area contributed by atoms with Gasteiger partial charge in [0, 0.05) is 4.47 Å². The first-order chi connectivity index (χ1) is 9.07. The highest BCUT2D eigenvalue weighted by atomic mass is 79.9. The van der Waals surface area contributed by atoms with Crippen LogP contribution in [0.2, 0.25) is 0 Å². The average Bonchev–Trinajstić information content (AvgIpc) is 2.29. The molecular weight excluding hydrogens is 322 g/mol. The summed E-state index contributed by atoms with van der Waals surface area (Å²) in [5.74, 6) is 0. The van der Waals surface area contributed by atoms with E-state index in [0.717, 1.165) is 15.6 Å². The Morgan fingerprint density at radius 3 is 2.40 bits per heavy atom. The van der Waals surface area contributed by atoms with Gasteiger partial charge in [0.15, 0.2) is 0 Å². The molecule has 0 spiro atoms. The van der Waals surface area contributed by atoms with Crippen LogP contribution in [0.5, 0.6) is 0 Å². The summed E-state index contributed by atoms with van der Waals surface area (Å²) in [7, 11) is 0. The van der Waals surface area contributed by atoms with Crippen LogP contribution in [0.1, 0.15) is 38.8 Å². The predicted molar refractivity (Wildman–Crippen MR) is 81.7 cm³/mol. The van der Waals surface area contributed by atoms with Crippen LogP contribution in [0.25, 0.3) is 0 Å². The molecule has 110 valence electrons. The fourth-order valence-electron chi connectivity index (χ4n) is 1.83. The Bertz CT molecular complexity index is 522. The molecule has 1 aromatic rings. The Balaban J connectivity index is 3.06. The number of nitrogens with one attached hydrogen (secondary N) is 1. The van der Waals surface area contributed by atoms with E-state index in [1.807, 2.05) is 25.1 Å². The van der Waals surface area contributed by atoms with Crippen LogP contribution in [0.15, 0.2) is 22.7 Å². The van der Waals surface area contributed by atoms with Crippen LogP contribution in [0.4, 0.5) is 4.79 Å². The van der Waals surface area contributed by atoms with E-state index in [1.54, 1.807) is 27.7 Å². The monoisotopic (exact) mass is 341 g/mol. The molecule has 5 heteroatoms. The quantitative estimate of drug-likeness (QED) is 0.853. The molecule has 0 heterocycles. The van der Waals surface area contributed by atoms with Crippen molar-refractivity contribution in [3.63, 3.8) is 0 Å². The lowest BCUT2D eigenvalue weighted by Gasteiger charge is -2.29. The van der Waals surface area contributed by atoms with Crippen molar-refractivity contribution in [1.82, 2.24) is 5.32 Å². The molecule has 1 rings (SSSR count). The summed E-state index contributed by atoms with van der Waals surface area (Å²) in [5, 5.41) is 2.63. The molecular formula is C15H20BrNO3. The molecule has 0 bridgehead atoms. The molecule has 1 amide bonds. The molecule has 0 aliphatic rings. The van der Waals surface area contributed by atoms with Gasteiger partial charge >= 0.3 is 6.09 Å². The molecule has 0 saturated heterocycles. The van der Waals surface area contributed by atoms with Crippen molar-refractivity contribution >= 4 is 28.3 Å². The van der Waals surface area contributed by atoms with Crippen molar-refractivity contribution in [1.29, 1.82) is 0 Å². The first kappa shape index (κ1) is 16.7. The minimum Gasteiger partial charge on any atom is -0.444 e. The van der Waals surface area contributed by atoms with E-state index in [0.29, 0.717) is 6.29 Å². The van der Waals surface area contributed by atoms with Gasteiger partial charge in [-0.25, -0.2) is 4.79 Å². The lowest BCUT2D eigenvalue weighted by Crippen LogP contribution is -2.47. The van der Waals surface area contributed by atoms with Gasteiger partial charge in [0.05, 0.1) is 0 Å². The fraction of sp³-hybridized carbons (Fsp3) is 0.467. The summed E-state index contributed by atoms with van der Waals surface area (Å²) in [6.07, 6.45) is 0.0950. The highest BCUT2D eigenvalue weighted by Crippen LogP contribution is 2.26. The number of rotatable bonds is 3. The van der Waals surface area contributed by atoms with Crippen LogP contribution in [-0.2, 0) is 15.1 Å². The summed E-state index contributed by atoms with van der Waals surface area (Å²) in [4.78, 5) is 23.4. The fourth-order valence-corrected chi connectivity index (χ4v) is 2.19. The second-order valence-electron chi connectivity index (χ2n) is 5.91. The van der Waals surface area contributed by atoms with Gasteiger partial charge in [-0.15, -0.1) is 0 Å². The Hall–Kier alpha value is -1.36. The number of hydrogen-bond acceptors (Lipinski definition) is 3. The van der Waals surface area contributed by atoms with Gasteiger partial charge in [-0.2, -0.15) is 0 Å². The summed E-state index contributed by atoms with van der Waals surface area (Å²) >= 11 is 3.37. The zero-order chi connectivity index (χ0) is 15.6. The summed E-state index contributed by atoms with van der Waals surface area (Å²) in [6.45, 7) is 8.86. The molecule has 4 nitrogen and oxygen atoms in total. The number of carbonyl (C=O) groups excluding carboxylic acids is 2. The van der Waals surface area contributed by atoms with E-state index in [9.17, 15) is 9.59 Å². The topological polar surface area (TPSA) is 55.4 Å². The molecule has 0 fully saturated rings. The van der Waals surface area contributed by atoms with Gasteiger partial charge in [-0.1, -0.05) is 22.0 Å². The SMILES string of the molecule is Cc1ccc(Br)cc1C(C)(C=O)NC(=O)OC(C)(C)C. The second-order valence-corrected chi connectivity index (χ2v) is 6.82. The van der Waals surface area contributed by atoms with Crippen molar-refractivity contribution in [3.05, 3.63) is 33.8 Å². The van der Waals surface area contributed by atoms with E-state index in [2.05, 4.69) is 21.2 Å². The average molecular weight is 342 g/mol. The highest BCUT2D eigenvalue weighted by Gasteiger charge is 2.31. The number of carbonyl (C=O) groups is 2. The maximum Gasteiger partial charge on any atom is 0.408 e. The van der Waals surface area contributed by atoms with Crippen molar-refractivity contribution in [3.8, 4) is 0 Å². The van der Waals surface area contributed by atoms with Gasteiger partial charge in [-0.3, -0.25) is 0 Å². The number of benzene rings is 1. The number of ether oxygens (including phenoxy) is 1. The van der Waals surface area contributed by atoms with Crippen LogP contribution in [-0.4, -0.2) is 18.0 Å². The second kappa shape index (κ2) is 5.95. The minimum absolute atomic E-state index is 0.611. The van der Waals surface area contributed by atoms with Crippen molar-refractivity contribution in [2.75, 3.05) is 0 Å². The van der Waals surface area contributed by atoms with E-state index in [4.69, 9.17) is 4.74 Å². The van der Waals surface area contributed by atoms with E-state index in [-0.39, 0.29) is 0 Å². The maximum atomic E-state index is 11.9. The third-order valence-corrected chi connectivity index (χ3v) is 3.25. The van der Waals surface area contributed by atoms with E-state index < -0.39 is 17.2 Å². The predicted octanol–water partition coefficient (Wildman–Crippen LogP) is 3.70. The van der Waals surface area contributed by atoms with Crippen molar-refractivity contribution in [2.45, 2.75) is 45.8 Å². The third-order valence-electron chi connectivity index (χ3n) is 2.76. The lowest BCUT2D eigenvalue weighted by atomic mass is 9.90. The molecule has 0 aliphatic carbocycles. The summed E-state index contributed by atoms with van der Waals surface area (Å²) in [5.41, 5.74) is -0.0947. The van der Waals surface area contributed by atoms with Crippen LogP contribution < -0.4 is 5.32 Å². The lowest BCUT2D eigenvalue weighted by molar-refractivity contribution is -0.113. The molecule has 0 aliphatic heterocycles. The number of aldehydes is 1. The Kier molecular flexibility index (Phi) is 4.97. The largest absolute Gasteiger partial charge is 0.444 e. The molecule has 20 heavy (non-hydrogen) atoms. The molecule has 0 radical (unpaired) electrons. The van der Waals surface area contributed by atoms with E-state index >= 15 is 0 Å². The number of amides is 1. The van der Waals surface area contributed by atoms with Crippen LogP contribution >= 0.6 is 15.9 Å². The first-order valence-electron chi connectivity index (χ1n) is 6.31. The van der Waals surface area contributed by atoms with E-state index in [1.165, 1.54) is 0 Å². The Morgan fingerprint density at radius 2 is 1.90 bits per heavy atom.